The van der Waals surface area contributed by atoms with Crippen molar-refractivity contribution in [2.45, 2.75) is 0 Å². The zero-order chi connectivity index (χ0) is 42.4. The zero-order valence-electron chi connectivity index (χ0n) is 34.8. The minimum Gasteiger partial charge on any atom is -0.278 e. The fraction of sp³-hybridized carbons (Fsp3) is 0. The Bertz CT molecular complexity index is 3270. The molecular formula is C56H40N6Si2. The van der Waals surface area contributed by atoms with Gasteiger partial charge in [0.15, 0.2) is 0 Å². The molecule has 8 aromatic carbocycles. The van der Waals surface area contributed by atoms with E-state index >= 15 is 0 Å². The van der Waals surface area contributed by atoms with Crippen molar-refractivity contribution in [3.05, 3.63) is 231 Å². The summed E-state index contributed by atoms with van der Waals surface area (Å²) in [4.78, 5) is 20.3. The number of para-hydroxylation sites is 2. The number of hydrogen-bond donors (Lipinski definition) is 0. The molecule has 0 saturated carbocycles. The van der Waals surface area contributed by atoms with Crippen LogP contribution in [0, 0.1) is 0 Å². The van der Waals surface area contributed by atoms with Crippen molar-refractivity contribution in [2.75, 3.05) is 0 Å². The molecule has 4 heterocycles. The molecule has 0 radical (unpaired) electrons. The molecule has 12 aromatic rings. The first-order valence-electron chi connectivity index (χ1n) is 21.7. The summed E-state index contributed by atoms with van der Waals surface area (Å²) in [7, 11) is -3.54. The molecule has 12 rings (SSSR count). The Labute approximate surface area is 373 Å². The molecule has 0 saturated heterocycles. The lowest BCUT2D eigenvalue weighted by molar-refractivity contribution is 0.994. The zero-order valence-corrected chi connectivity index (χ0v) is 37.1. The van der Waals surface area contributed by atoms with E-state index in [9.17, 15) is 0 Å². The average molecular weight is 853 g/mol. The highest BCUT2D eigenvalue weighted by Gasteiger charge is 2.23. The van der Waals surface area contributed by atoms with Gasteiger partial charge in [0.1, 0.15) is 17.6 Å². The van der Waals surface area contributed by atoms with Crippen molar-refractivity contribution in [1.82, 2.24) is 29.1 Å². The second-order valence-electron chi connectivity index (χ2n) is 16.3. The SMILES string of the molecule is c1ccc([SiH](c2ccccc2)c2cnc(-n3c4ccccc4c4cc(-c5ccc6c(c5)c5ccccc5n6-c5ncc([SiH](c6ccccc6)c6ccccc6)cn5)ccc43)nc2)cc1. The van der Waals surface area contributed by atoms with Gasteiger partial charge >= 0.3 is 0 Å². The van der Waals surface area contributed by atoms with Crippen molar-refractivity contribution < 1.29 is 0 Å². The van der Waals surface area contributed by atoms with E-state index in [1.54, 1.807) is 0 Å². The van der Waals surface area contributed by atoms with Gasteiger partial charge in [-0.1, -0.05) is 191 Å². The van der Waals surface area contributed by atoms with Gasteiger partial charge in [0.05, 0.1) is 22.1 Å². The molecule has 302 valence electrons. The summed E-state index contributed by atoms with van der Waals surface area (Å²) in [6.07, 6.45) is 8.20. The number of fused-ring (bicyclic) bond motifs is 6. The highest BCUT2D eigenvalue weighted by molar-refractivity contribution is 6.96. The quantitative estimate of drug-likeness (QED) is 0.140. The van der Waals surface area contributed by atoms with E-state index in [1.807, 2.05) is 24.8 Å². The minimum absolute atomic E-state index is 0.666. The van der Waals surface area contributed by atoms with Crippen LogP contribution in [0.15, 0.2) is 231 Å². The van der Waals surface area contributed by atoms with Crippen LogP contribution in [0.3, 0.4) is 0 Å². The van der Waals surface area contributed by atoms with Crippen molar-refractivity contribution in [3.63, 3.8) is 0 Å². The molecule has 4 aromatic heterocycles. The second-order valence-corrected chi connectivity index (χ2v) is 22.0. The van der Waals surface area contributed by atoms with Gasteiger partial charge in [-0.25, -0.2) is 19.9 Å². The molecule has 0 fully saturated rings. The Hall–Kier alpha value is -8.05. The predicted molar refractivity (Wildman–Crippen MR) is 270 cm³/mol. The monoisotopic (exact) mass is 852 g/mol. The van der Waals surface area contributed by atoms with E-state index < -0.39 is 17.6 Å². The minimum atomic E-state index is -1.77. The predicted octanol–water partition coefficient (Wildman–Crippen LogP) is 7.62. The maximum absolute atomic E-state index is 5.08. The summed E-state index contributed by atoms with van der Waals surface area (Å²) in [5.74, 6) is 1.33. The number of hydrogen-bond acceptors (Lipinski definition) is 4. The summed E-state index contributed by atoms with van der Waals surface area (Å²) in [5, 5.41) is 12.4. The highest BCUT2D eigenvalue weighted by atomic mass is 28.3. The van der Waals surface area contributed by atoms with E-state index in [0.29, 0.717) is 11.9 Å². The van der Waals surface area contributed by atoms with Gasteiger partial charge in [-0.2, -0.15) is 0 Å². The van der Waals surface area contributed by atoms with E-state index in [4.69, 9.17) is 19.9 Å². The van der Waals surface area contributed by atoms with Crippen LogP contribution >= 0.6 is 0 Å². The van der Waals surface area contributed by atoms with Gasteiger partial charge in [0.25, 0.3) is 0 Å². The molecule has 0 bridgehead atoms. The van der Waals surface area contributed by atoms with Crippen LogP contribution in [0.2, 0.25) is 0 Å². The third-order valence-electron chi connectivity index (χ3n) is 12.6. The number of benzene rings is 8. The molecule has 6 nitrogen and oxygen atoms in total. The second kappa shape index (κ2) is 16.0. The van der Waals surface area contributed by atoms with Crippen molar-refractivity contribution in [2.24, 2.45) is 0 Å². The maximum atomic E-state index is 5.08. The van der Waals surface area contributed by atoms with E-state index in [-0.39, 0.29) is 0 Å². The number of aromatic nitrogens is 6. The summed E-state index contributed by atoms with van der Waals surface area (Å²) in [6.45, 7) is 0. The molecule has 0 amide bonds. The molecule has 0 atom stereocenters. The first-order chi connectivity index (χ1) is 31.8. The summed E-state index contributed by atoms with van der Waals surface area (Å²) >= 11 is 0. The fourth-order valence-electron chi connectivity index (χ4n) is 9.66. The molecule has 0 unspecified atom stereocenters. The summed E-state index contributed by atoms with van der Waals surface area (Å²) in [5.41, 5.74) is 6.58. The van der Waals surface area contributed by atoms with E-state index in [0.717, 1.165) is 54.7 Å². The van der Waals surface area contributed by atoms with Crippen LogP contribution in [0.5, 0.6) is 0 Å². The van der Waals surface area contributed by atoms with Crippen LogP contribution in [0.4, 0.5) is 0 Å². The molecule has 0 aliphatic heterocycles. The van der Waals surface area contributed by atoms with Crippen LogP contribution in [0.1, 0.15) is 0 Å². The standard InChI is InChI=1S/C56H40N6Si2/c1-5-17-41(18-6-1)63(42-19-7-2-8-20-42)45-35-57-55(58-36-45)61-51-27-15-13-25-47(51)49-33-39(29-31-53(49)61)40-30-32-54-50(34-40)48-26-14-16-28-52(48)62(54)56-59-37-46(38-60-56)64(43-21-9-3-10-22-43)44-23-11-4-12-24-44/h1-38,63-64H. The van der Waals surface area contributed by atoms with Crippen LogP contribution in [0.25, 0.3) is 66.6 Å². The number of nitrogens with zero attached hydrogens (tertiary/aromatic N) is 6. The molecule has 0 N–H and O–H groups in total. The highest BCUT2D eigenvalue weighted by Crippen LogP contribution is 2.37. The lowest BCUT2D eigenvalue weighted by Gasteiger charge is -2.17. The number of rotatable bonds is 9. The third kappa shape index (κ3) is 6.55. The Morgan fingerprint density at radius 3 is 0.906 bits per heavy atom. The smallest absolute Gasteiger partial charge is 0.234 e. The van der Waals surface area contributed by atoms with Gasteiger partial charge in [-0.05, 0) is 57.9 Å². The molecule has 0 spiro atoms. The van der Waals surface area contributed by atoms with Crippen molar-refractivity contribution in [3.8, 4) is 23.0 Å². The van der Waals surface area contributed by atoms with Gasteiger partial charge < -0.3 is 0 Å². The van der Waals surface area contributed by atoms with E-state index in [1.165, 1.54) is 31.1 Å². The first-order valence-corrected chi connectivity index (χ1v) is 25.1. The molecule has 64 heavy (non-hydrogen) atoms. The molecule has 0 aliphatic carbocycles. The Balaban J connectivity index is 0.921. The largest absolute Gasteiger partial charge is 0.278 e. The molecular weight excluding hydrogens is 813 g/mol. The average Bonchev–Trinajstić information content (AvgIpc) is 3.88. The summed E-state index contributed by atoms with van der Waals surface area (Å²) in [6, 6.07) is 73.9. The van der Waals surface area contributed by atoms with Crippen LogP contribution in [-0.2, 0) is 0 Å². The third-order valence-corrected chi connectivity index (χ3v) is 18.7. The van der Waals surface area contributed by atoms with Gasteiger partial charge in [0, 0.05) is 46.3 Å². The molecule has 8 heteroatoms. The first kappa shape index (κ1) is 37.7. The van der Waals surface area contributed by atoms with Gasteiger partial charge in [-0.15, -0.1) is 0 Å². The maximum Gasteiger partial charge on any atom is 0.234 e. The van der Waals surface area contributed by atoms with Crippen molar-refractivity contribution in [1.29, 1.82) is 0 Å². The Kier molecular flexibility index (Phi) is 9.43. The van der Waals surface area contributed by atoms with E-state index in [2.05, 4.69) is 215 Å². The normalized spacial score (nSPS) is 11.7. The fourth-order valence-corrected chi connectivity index (χ4v) is 15.3. The van der Waals surface area contributed by atoms with Gasteiger partial charge in [-0.3, -0.25) is 9.13 Å². The van der Waals surface area contributed by atoms with Crippen LogP contribution in [-0.4, -0.2) is 46.7 Å². The van der Waals surface area contributed by atoms with Crippen LogP contribution < -0.4 is 31.1 Å². The van der Waals surface area contributed by atoms with Crippen molar-refractivity contribution >= 4 is 92.3 Å². The lowest BCUT2D eigenvalue weighted by atomic mass is 10.0. The summed E-state index contributed by atoms with van der Waals surface area (Å²) < 4.78 is 4.40. The Morgan fingerprint density at radius 2 is 0.562 bits per heavy atom. The topological polar surface area (TPSA) is 61.4 Å². The Morgan fingerprint density at radius 1 is 0.266 bits per heavy atom. The van der Waals surface area contributed by atoms with Gasteiger partial charge in [0.2, 0.25) is 11.9 Å². The molecule has 0 aliphatic rings. The lowest BCUT2D eigenvalue weighted by Crippen LogP contribution is -2.52.